The van der Waals surface area contributed by atoms with Crippen molar-refractivity contribution in [2.75, 3.05) is 13.1 Å². The third-order valence-electron chi connectivity index (χ3n) is 3.96. The Morgan fingerprint density at radius 1 is 1.45 bits per heavy atom. The number of halogens is 1. The van der Waals surface area contributed by atoms with Crippen molar-refractivity contribution in [1.82, 2.24) is 10.6 Å². The van der Waals surface area contributed by atoms with Gasteiger partial charge in [0, 0.05) is 12.5 Å². The molecule has 2 rings (SSSR count). The minimum absolute atomic E-state index is 0. The van der Waals surface area contributed by atoms with Crippen LogP contribution in [-0.4, -0.2) is 31.1 Å². The van der Waals surface area contributed by atoms with Crippen molar-refractivity contribution in [3.8, 4) is 5.75 Å². The van der Waals surface area contributed by atoms with Crippen LogP contribution >= 0.6 is 12.4 Å². The maximum Gasteiger partial charge on any atom is 0.221 e. The van der Waals surface area contributed by atoms with Crippen molar-refractivity contribution in [1.29, 1.82) is 0 Å². The molecule has 1 fully saturated rings. The molecule has 1 saturated heterocycles. The molecule has 22 heavy (non-hydrogen) atoms. The van der Waals surface area contributed by atoms with Crippen molar-refractivity contribution in [3.63, 3.8) is 0 Å². The van der Waals surface area contributed by atoms with Gasteiger partial charge < -0.3 is 15.4 Å². The molecule has 124 valence electrons. The summed E-state index contributed by atoms with van der Waals surface area (Å²) in [7, 11) is 0. The van der Waals surface area contributed by atoms with Crippen molar-refractivity contribution in [3.05, 3.63) is 29.8 Å². The summed E-state index contributed by atoms with van der Waals surface area (Å²) in [5.41, 5.74) is 1.12. The summed E-state index contributed by atoms with van der Waals surface area (Å²) in [6, 6.07) is 8.33. The molecule has 2 unspecified atom stereocenters. The van der Waals surface area contributed by atoms with Gasteiger partial charge in [-0.15, -0.1) is 12.4 Å². The number of benzene rings is 1. The lowest BCUT2D eigenvalue weighted by Gasteiger charge is -2.20. The molecule has 1 amide bonds. The van der Waals surface area contributed by atoms with Gasteiger partial charge in [-0.25, -0.2) is 0 Å². The van der Waals surface area contributed by atoms with Gasteiger partial charge in [-0.2, -0.15) is 0 Å². The molecule has 1 heterocycles. The van der Waals surface area contributed by atoms with E-state index in [0.717, 1.165) is 30.7 Å². The van der Waals surface area contributed by atoms with E-state index in [2.05, 4.69) is 17.6 Å². The SMILES string of the molecule is CCC(CNC(=O)CC1CCCN1)Oc1ccccc1C.Cl. The van der Waals surface area contributed by atoms with Crippen LogP contribution in [0.5, 0.6) is 5.75 Å². The normalized spacial score (nSPS) is 18.4. The molecule has 1 aromatic rings. The van der Waals surface area contributed by atoms with Gasteiger partial charge in [0.05, 0.1) is 6.54 Å². The van der Waals surface area contributed by atoms with Gasteiger partial charge in [0.1, 0.15) is 11.9 Å². The highest BCUT2D eigenvalue weighted by molar-refractivity contribution is 5.85. The molecule has 0 aromatic heterocycles. The number of rotatable bonds is 7. The van der Waals surface area contributed by atoms with Crippen molar-refractivity contribution in [2.24, 2.45) is 0 Å². The fraction of sp³-hybridized carbons (Fsp3) is 0.588. The first-order valence-corrected chi connectivity index (χ1v) is 7.91. The maximum atomic E-state index is 11.9. The Morgan fingerprint density at radius 3 is 2.86 bits per heavy atom. The van der Waals surface area contributed by atoms with E-state index in [1.54, 1.807) is 0 Å². The van der Waals surface area contributed by atoms with E-state index in [9.17, 15) is 4.79 Å². The number of amides is 1. The van der Waals surface area contributed by atoms with Gasteiger partial charge >= 0.3 is 0 Å². The fourth-order valence-electron chi connectivity index (χ4n) is 2.59. The molecule has 5 heteroatoms. The van der Waals surface area contributed by atoms with E-state index in [-0.39, 0.29) is 24.4 Å². The average Bonchev–Trinajstić information content (AvgIpc) is 2.98. The first-order chi connectivity index (χ1) is 10.2. The number of nitrogens with one attached hydrogen (secondary N) is 2. The van der Waals surface area contributed by atoms with Crippen molar-refractivity contribution >= 4 is 18.3 Å². The van der Waals surface area contributed by atoms with Gasteiger partial charge in [0.25, 0.3) is 0 Å². The molecule has 0 spiro atoms. The molecular weight excluding hydrogens is 300 g/mol. The quantitative estimate of drug-likeness (QED) is 0.810. The third-order valence-corrected chi connectivity index (χ3v) is 3.96. The zero-order valence-corrected chi connectivity index (χ0v) is 14.2. The number of aryl methyl sites for hydroxylation is 1. The van der Waals surface area contributed by atoms with Crippen LogP contribution in [0.2, 0.25) is 0 Å². The van der Waals surface area contributed by atoms with Gasteiger partial charge in [-0.3, -0.25) is 4.79 Å². The highest BCUT2D eigenvalue weighted by atomic mass is 35.5. The van der Waals surface area contributed by atoms with Crippen LogP contribution in [0, 0.1) is 6.92 Å². The molecule has 1 aromatic carbocycles. The predicted octanol–water partition coefficient (Wildman–Crippen LogP) is 2.83. The third kappa shape index (κ3) is 5.85. The second-order valence-electron chi connectivity index (χ2n) is 5.72. The summed E-state index contributed by atoms with van der Waals surface area (Å²) in [6.45, 7) is 5.71. The van der Waals surface area contributed by atoms with E-state index >= 15 is 0 Å². The number of para-hydroxylation sites is 1. The molecular formula is C17H27ClN2O2. The molecule has 4 nitrogen and oxygen atoms in total. The van der Waals surface area contributed by atoms with Gasteiger partial charge in [-0.05, 0) is 44.4 Å². The summed E-state index contributed by atoms with van der Waals surface area (Å²) in [4.78, 5) is 11.9. The minimum Gasteiger partial charge on any atom is -0.488 e. The first-order valence-electron chi connectivity index (χ1n) is 7.91. The van der Waals surface area contributed by atoms with Gasteiger partial charge in [0.15, 0.2) is 0 Å². The lowest BCUT2D eigenvalue weighted by molar-refractivity contribution is -0.121. The van der Waals surface area contributed by atoms with Gasteiger partial charge in [-0.1, -0.05) is 25.1 Å². The Kier molecular flexibility index (Phi) is 8.28. The Hall–Kier alpha value is -1.26. The van der Waals surface area contributed by atoms with Crippen LogP contribution in [0.15, 0.2) is 24.3 Å². The van der Waals surface area contributed by atoms with E-state index in [0.29, 0.717) is 19.0 Å². The predicted molar refractivity (Wildman–Crippen MR) is 91.8 cm³/mol. The van der Waals surface area contributed by atoms with E-state index in [1.807, 2.05) is 31.2 Å². The Morgan fingerprint density at radius 2 is 2.23 bits per heavy atom. The molecule has 0 bridgehead atoms. The smallest absolute Gasteiger partial charge is 0.221 e. The van der Waals surface area contributed by atoms with Crippen molar-refractivity contribution in [2.45, 2.75) is 51.7 Å². The van der Waals surface area contributed by atoms with E-state index in [4.69, 9.17) is 4.74 Å². The monoisotopic (exact) mass is 326 g/mol. The molecule has 0 radical (unpaired) electrons. The largest absolute Gasteiger partial charge is 0.488 e. The van der Waals surface area contributed by atoms with E-state index in [1.165, 1.54) is 6.42 Å². The number of ether oxygens (including phenoxy) is 1. The molecule has 0 saturated carbocycles. The summed E-state index contributed by atoms with van der Waals surface area (Å²) in [5, 5.41) is 6.34. The molecule has 1 aliphatic rings. The van der Waals surface area contributed by atoms with Crippen LogP contribution in [0.25, 0.3) is 0 Å². The second-order valence-corrected chi connectivity index (χ2v) is 5.72. The highest BCUT2D eigenvalue weighted by Gasteiger charge is 2.18. The molecule has 0 aliphatic carbocycles. The summed E-state index contributed by atoms with van der Waals surface area (Å²) >= 11 is 0. The fourth-order valence-corrected chi connectivity index (χ4v) is 2.59. The minimum atomic E-state index is 0. The van der Waals surface area contributed by atoms with Gasteiger partial charge in [0.2, 0.25) is 5.91 Å². The Labute approximate surface area is 139 Å². The molecule has 1 aliphatic heterocycles. The van der Waals surface area contributed by atoms with Crippen LogP contribution in [0.4, 0.5) is 0 Å². The van der Waals surface area contributed by atoms with E-state index < -0.39 is 0 Å². The maximum absolute atomic E-state index is 11.9. The lowest BCUT2D eigenvalue weighted by atomic mass is 10.1. The zero-order valence-electron chi connectivity index (χ0n) is 13.4. The van der Waals surface area contributed by atoms with Crippen molar-refractivity contribution < 1.29 is 9.53 Å². The van der Waals surface area contributed by atoms with Crippen LogP contribution in [-0.2, 0) is 4.79 Å². The van der Waals surface area contributed by atoms with Crippen LogP contribution in [0.3, 0.4) is 0 Å². The highest BCUT2D eigenvalue weighted by Crippen LogP contribution is 2.18. The summed E-state index contributed by atoms with van der Waals surface area (Å²) in [5.74, 6) is 1.01. The number of carbonyl (C=O) groups is 1. The first kappa shape index (κ1) is 18.8. The zero-order chi connectivity index (χ0) is 15.1. The summed E-state index contributed by atoms with van der Waals surface area (Å²) < 4.78 is 5.98. The topological polar surface area (TPSA) is 50.4 Å². The Balaban J connectivity index is 0.00000242. The molecule has 2 N–H and O–H groups in total. The summed E-state index contributed by atoms with van der Waals surface area (Å²) in [6.07, 6.45) is 3.74. The second kappa shape index (κ2) is 9.70. The van der Waals surface area contributed by atoms with Crippen LogP contribution < -0.4 is 15.4 Å². The number of carbonyl (C=O) groups excluding carboxylic acids is 1. The standard InChI is InChI=1S/C17H26N2O2.ClH/c1-3-15(21-16-9-5-4-7-13(16)2)12-19-17(20)11-14-8-6-10-18-14;/h4-5,7,9,14-15,18H,3,6,8,10-12H2,1-2H3,(H,19,20);1H. The Bertz CT molecular complexity index is 462. The number of hydrogen-bond donors (Lipinski definition) is 2. The molecule has 2 atom stereocenters. The lowest BCUT2D eigenvalue weighted by Crippen LogP contribution is -2.38. The van der Waals surface area contributed by atoms with Crippen LogP contribution in [0.1, 0.15) is 38.2 Å². The average molecular weight is 327 g/mol. The number of hydrogen-bond acceptors (Lipinski definition) is 3.